The van der Waals surface area contributed by atoms with Gasteiger partial charge in [0, 0.05) is 5.54 Å². The molecule has 0 aromatic heterocycles. The lowest BCUT2D eigenvalue weighted by atomic mass is 9.98. The molecule has 1 N–H and O–H groups in total. The van der Waals surface area contributed by atoms with Gasteiger partial charge in [0.25, 0.3) is 0 Å². The van der Waals surface area contributed by atoms with Crippen LogP contribution in [0.2, 0.25) is 0 Å². The second-order valence-electron chi connectivity index (χ2n) is 7.88. The average Bonchev–Trinajstić information content (AvgIpc) is 2.47. The Morgan fingerprint density at radius 3 is 1.74 bits per heavy atom. The highest BCUT2D eigenvalue weighted by Gasteiger charge is 2.30. The smallest absolute Gasteiger partial charge is 0.249 e. The first kappa shape index (κ1) is 20.2. The predicted octanol–water partition coefficient (Wildman–Crippen LogP) is 5.99. The zero-order valence-electron chi connectivity index (χ0n) is 15.0. The minimum absolute atomic E-state index is 0.100. The van der Waals surface area contributed by atoms with Crippen LogP contribution in [0.4, 0.5) is 0 Å². The van der Waals surface area contributed by atoms with Crippen molar-refractivity contribution in [2.24, 2.45) is 0 Å². The summed E-state index contributed by atoms with van der Waals surface area (Å²) in [5, 5.41) is 3.52. The van der Waals surface area contributed by atoms with Crippen LogP contribution in [0.1, 0.15) is 85.0 Å². The summed E-state index contributed by atoms with van der Waals surface area (Å²) >= 11 is 7.65. The molecule has 0 aromatic carbocycles. The van der Waals surface area contributed by atoms with E-state index >= 15 is 0 Å². The Kier molecular flexibility index (Phi) is 8.38. The van der Waals surface area contributed by atoms with E-state index in [0.717, 1.165) is 31.6 Å². The fourth-order valence-electron chi connectivity index (χ4n) is 3.12. The Morgan fingerprint density at radius 2 is 1.35 bits per heavy atom. The van der Waals surface area contributed by atoms with E-state index in [-0.39, 0.29) is 5.54 Å². The largest absolute Gasteiger partial charge is 0.318 e. The Labute approximate surface area is 152 Å². The zero-order chi connectivity index (χ0) is 16.8. The van der Waals surface area contributed by atoms with Gasteiger partial charge in [0.15, 0.2) is 0 Å². The lowest BCUT2D eigenvalue weighted by Gasteiger charge is -2.33. The van der Waals surface area contributed by atoms with Gasteiger partial charge >= 0.3 is 0 Å². The second-order valence-corrected chi connectivity index (χ2v) is 14.1. The normalized spacial score (nSPS) is 22.4. The van der Waals surface area contributed by atoms with Crippen molar-refractivity contribution in [2.75, 3.05) is 5.88 Å². The van der Waals surface area contributed by atoms with Crippen molar-refractivity contribution in [1.29, 1.82) is 0 Å². The topological polar surface area (TPSA) is 30.5 Å². The molecule has 2 saturated carbocycles. The van der Waals surface area contributed by atoms with Crippen molar-refractivity contribution in [3.8, 4) is 0 Å². The molecule has 3 nitrogen and oxygen atoms in total. The van der Waals surface area contributed by atoms with Crippen LogP contribution in [-0.2, 0) is 20.9 Å². The molecule has 0 bridgehead atoms. The summed E-state index contributed by atoms with van der Waals surface area (Å²) in [5.74, 6) is 0.806. The number of hydrogen-bond acceptors (Lipinski definition) is 5. The first-order valence-electron chi connectivity index (χ1n) is 9.23. The molecule has 0 aliphatic heterocycles. The molecule has 0 unspecified atom stereocenters. The predicted molar refractivity (Wildman–Crippen MR) is 106 cm³/mol. The number of hydrogen-bond donors (Lipinski definition) is 1. The number of nitrogens with one attached hydrogen (secondary N) is 1. The monoisotopic (exact) mass is 379 g/mol. The molecule has 2 aliphatic carbocycles. The van der Waals surface area contributed by atoms with Crippen molar-refractivity contribution in [3.05, 3.63) is 0 Å². The van der Waals surface area contributed by atoms with Crippen molar-refractivity contribution < 1.29 is 9.05 Å². The summed E-state index contributed by atoms with van der Waals surface area (Å²) in [6.07, 6.45) is 13.0. The molecule has 2 aliphatic rings. The SMILES string of the molecule is CC(C)(C)NCSP(=S)(OC1CCCCC1)OC1CCCCC1. The highest BCUT2D eigenvalue weighted by Crippen LogP contribution is 2.63. The summed E-state index contributed by atoms with van der Waals surface area (Å²) in [7, 11) is 0. The molecule has 0 aromatic rings. The first-order chi connectivity index (χ1) is 10.9. The van der Waals surface area contributed by atoms with Crippen LogP contribution in [-0.4, -0.2) is 23.6 Å². The molecule has 0 heterocycles. The zero-order valence-corrected chi connectivity index (χ0v) is 17.5. The fourth-order valence-corrected chi connectivity index (χ4v) is 8.07. The molecule has 0 spiro atoms. The van der Waals surface area contributed by atoms with Gasteiger partial charge in [0.1, 0.15) is 0 Å². The Morgan fingerprint density at radius 1 is 0.913 bits per heavy atom. The molecule has 2 fully saturated rings. The van der Waals surface area contributed by atoms with E-state index in [1.54, 1.807) is 11.4 Å². The maximum absolute atomic E-state index is 6.42. The third kappa shape index (κ3) is 8.20. The van der Waals surface area contributed by atoms with Crippen LogP contribution in [0, 0.1) is 0 Å². The van der Waals surface area contributed by atoms with Gasteiger partial charge < -0.3 is 14.4 Å². The van der Waals surface area contributed by atoms with Crippen molar-refractivity contribution >= 4 is 28.9 Å². The van der Waals surface area contributed by atoms with Gasteiger partial charge in [-0.3, -0.25) is 0 Å². The quantitative estimate of drug-likeness (QED) is 0.434. The van der Waals surface area contributed by atoms with Crippen LogP contribution in [0.3, 0.4) is 0 Å². The van der Waals surface area contributed by atoms with Gasteiger partial charge in [-0.05, 0) is 58.3 Å². The fraction of sp³-hybridized carbons (Fsp3) is 1.00. The molecule has 0 amide bonds. The van der Waals surface area contributed by atoms with E-state index in [9.17, 15) is 0 Å². The molecule has 0 radical (unpaired) electrons. The number of rotatable bonds is 7. The lowest BCUT2D eigenvalue weighted by Crippen LogP contribution is -2.35. The summed E-state index contributed by atoms with van der Waals surface area (Å²) < 4.78 is 12.8. The Hall–Kier alpha value is 0.880. The van der Waals surface area contributed by atoms with Crippen LogP contribution in [0.25, 0.3) is 0 Å². The Balaban J connectivity index is 1.91. The van der Waals surface area contributed by atoms with Gasteiger partial charge in [-0.1, -0.05) is 49.9 Å². The molecule has 23 heavy (non-hydrogen) atoms. The highest BCUT2D eigenvalue weighted by atomic mass is 32.9. The van der Waals surface area contributed by atoms with Crippen molar-refractivity contribution in [1.82, 2.24) is 5.32 Å². The molecule has 0 atom stereocenters. The van der Waals surface area contributed by atoms with Gasteiger partial charge in [0.05, 0.1) is 18.1 Å². The average molecular weight is 380 g/mol. The molecular formula is C17H34NO2PS2. The molecule has 2 rings (SSSR count). The third-order valence-electron chi connectivity index (χ3n) is 4.49. The molecular weight excluding hydrogens is 345 g/mol. The molecule has 6 heteroatoms. The van der Waals surface area contributed by atoms with E-state index in [0.29, 0.717) is 12.2 Å². The van der Waals surface area contributed by atoms with E-state index in [2.05, 4.69) is 26.1 Å². The highest BCUT2D eigenvalue weighted by molar-refractivity contribution is 8.67. The van der Waals surface area contributed by atoms with Gasteiger partial charge in [0.2, 0.25) is 5.69 Å². The lowest BCUT2D eigenvalue weighted by molar-refractivity contribution is 0.109. The summed E-state index contributed by atoms with van der Waals surface area (Å²) in [6.45, 7) is 6.54. The molecule has 0 saturated heterocycles. The molecule has 136 valence electrons. The summed E-state index contributed by atoms with van der Waals surface area (Å²) in [5.41, 5.74) is -2.15. The van der Waals surface area contributed by atoms with Crippen LogP contribution >= 0.6 is 17.1 Å². The second kappa shape index (κ2) is 9.54. The van der Waals surface area contributed by atoms with E-state index in [1.807, 2.05) is 0 Å². The minimum atomic E-state index is -2.25. The minimum Gasteiger partial charge on any atom is -0.318 e. The van der Waals surface area contributed by atoms with Crippen LogP contribution in [0.15, 0.2) is 0 Å². The van der Waals surface area contributed by atoms with E-state index in [1.165, 1.54) is 38.5 Å². The van der Waals surface area contributed by atoms with Gasteiger partial charge in [-0.15, -0.1) is 0 Å². The van der Waals surface area contributed by atoms with Crippen molar-refractivity contribution in [3.63, 3.8) is 0 Å². The Bertz CT molecular complexity index is 365. The van der Waals surface area contributed by atoms with Crippen LogP contribution < -0.4 is 5.32 Å². The summed E-state index contributed by atoms with van der Waals surface area (Å²) in [4.78, 5) is 0. The van der Waals surface area contributed by atoms with Gasteiger partial charge in [-0.25, -0.2) is 0 Å². The third-order valence-corrected chi connectivity index (χ3v) is 9.51. The summed E-state index contributed by atoms with van der Waals surface area (Å²) in [6, 6.07) is 0. The maximum atomic E-state index is 6.42. The maximum Gasteiger partial charge on any atom is 0.249 e. The van der Waals surface area contributed by atoms with Gasteiger partial charge in [-0.2, -0.15) is 0 Å². The van der Waals surface area contributed by atoms with E-state index in [4.69, 9.17) is 20.9 Å². The van der Waals surface area contributed by atoms with Crippen molar-refractivity contribution in [2.45, 2.75) is 103 Å². The first-order valence-corrected chi connectivity index (χ1v) is 13.5. The standard InChI is InChI=1S/C17H34NO2PS2/c1-17(2,3)18-14-23-21(22,19-15-10-6-4-7-11-15)20-16-12-8-5-9-13-16/h15-16,18H,4-14H2,1-3H3. The van der Waals surface area contributed by atoms with E-state index < -0.39 is 5.69 Å². The van der Waals surface area contributed by atoms with Crippen LogP contribution in [0.5, 0.6) is 0 Å².